The summed E-state index contributed by atoms with van der Waals surface area (Å²) in [6, 6.07) is 11.1. The number of rotatable bonds is 3. The fourth-order valence-electron chi connectivity index (χ4n) is 1.63. The van der Waals surface area contributed by atoms with Crippen LogP contribution in [0.3, 0.4) is 0 Å². The molecule has 0 saturated carbocycles. The number of carbonyl (C=O) groups is 1. The molecule has 0 spiro atoms. The lowest BCUT2D eigenvalue weighted by atomic mass is 10.3. The number of pyridine rings is 2. The van der Waals surface area contributed by atoms with Crippen molar-refractivity contribution >= 4 is 5.91 Å². The molecule has 2 aromatic rings. The SMILES string of the molecule is Cc1cccc(CNC(=O)c2cccc(C)n2)n1. The molecule has 4 nitrogen and oxygen atoms in total. The van der Waals surface area contributed by atoms with Crippen LogP contribution in [0.1, 0.15) is 27.6 Å². The van der Waals surface area contributed by atoms with E-state index in [1.807, 2.05) is 44.2 Å². The molecule has 2 heterocycles. The fraction of sp³-hybridized carbons (Fsp3) is 0.214. The molecule has 0 aromatic carbocycles. The molecule has 0 atom stereocenters. The van der Waals surface area contributed by atoms with Crippen LogP contribution in [-0.4, -0.2) is 15.9 Å². The number of amides is 1. The van der Waals surface area contributed by atoms with Crippen molar-refractivity contribution in [2.45, 2.75) is 20.4 Å². The van der Waals surface area contributed by atoms with E-state index in [9.17, 15) is 4.79 Å². The van der Waals surface area contributed by atoms with Crippen LogP contribution in [0.5, 0.6) is 0 Å². The molecule has 18 heavy (non-hydrogen) atoms. The summed E-state index contributed by atoms with van der Waals surface area (Å²) in [5.41, 5.74) is 3.05. The Labute approximate surface area is 106 Å². The van der Waals surface area contributed by atoms with Crippen LogP contribution in [0.25, 0.3) is 0 Å². The molecule has 1 N–H and O–H groups in total. The number of hydrogen-bond acceptors (Lipinski definition) is 3. The Morgan fingerprint density at radius 3 is 2.39 bits per heavy atom. The minimum Gasteiger partial charge on any atom is -0.345 e. The van der Waals surface area contributed by atoms with E-state index >= 15 is 0 Å². The molecule has 4 heteroatoms. The highest BCUT2D eigenvalue weighted by Crippen LogP contribution is 2.00. The van der Waals surface area contributed by atoms with Gasteiger partial charge in [0, 0.05) is 11.4 Å². The molecule has 0 bridgehead atoms. The maximum atomic E-state index is 11.9. The van der Waals surface area contributed by atoms with Crippen LogP contribution < -0.4 is 5.32 Å². The van der Waals surface area contributed by atoms with E-state index in [1.54, 1.807) is 6.07 Å². The van der Waals surface area contributed by atoms with Crippen LogP contribution in [0.15, 0.2) is 36.4 Å². The molecule has 0 saturated heterocycles. The molecular formula is C14H15N3O. The van der Waals surface area contributed by atoms with E-state index in [1.165, 1.54) is 0 Å². The first-order valence-electron chi connectivity index (χ1n) is 5.79. The highest BCUT2D eigenvalue weighted by molar-refractivity contribution is 5.92. The van der Waals surface area contributed by atoms with E-state index in [0.717, 1.165) is 17.1 Å². The van der Waals surface area contributed by atoms with Crippen molar-refractivity contribution in [3.8, 4) is 0 Å². The van der Waals surface area contributed by atoms with Crippen molar-refractivity contribution in [2.24, 2.45) is 0 Å². The normalized spacial score (nSPS) is 10.1. The summed E-state index contributed by atoms with van der Waals surface area (Å²) < 4.78 is 0. The van der Waals surface area contributed by atoms with Gasteiger partial charge in [-0.05, 0) is 38.1 Å². The van der Waals surface area contributed by atoms with E-state index in [-0.39, 0.29) is 5.91 Å². The van der Waals surface area contributed by atoms with Crippen molar-refractivity contribution < 1.29 is 4.79 Å². The maximum Gasteiger partial charge on any atom is 0.270 e. The highest BCUT2D eigenvalue weighted by Gasteiger charge is 2.06. The third-order valence-corrected chi connectivity index (χ3v) is 2.50. The average molecular weight is 241 g/mol. The van der Waals surface area contributed by atoms with Gasteiger partial charge in [-0.15, -0.1) is 0 Å². The zero-order chi connectivity index (χ0) is 13.0. The van der Waals surface area contributed by atoms with Crippen molar-refractivity contribution in [1.29, 1.82) is 0 Å². The Hall–Kier alpha value is -2.23. The molecule has 0 aliphatic heterocycles. The standard InChI is InChI=1S/C14H15N3O/c1-10-5-3-7-12(16-10)9-15-14(18)13-8-4-6-11(2)17-13/h3-8H,9H2,1-2H3,(H,15,18). The minimum absolute atomic E-state index is 0.179. The van der Waals surface area contributed by atoms with Gasteiger partial charge in [-0.1, -0.05) is 12.1 Å². The summed E-state index contributed by atoms with van der Waals surface area (Å²) in [6.45, 7) is 4.20. The number of hydrogen-bond donors (Lipinski definition) is 1. The van der Waals surface area contributed by atoms with Gasteiger partial charge in [-0.3, -0.25) is 9.78 Å². The number of nitrogens with zero attached hydrogens (tertiary/aromatic N) is 2. The molecular weight excluding hydrogens is 226 g/mol. The van der Waals surface area contributed by atoms with E-state index in [0.29, 0.717) is 12.2 Å². The van der Waals surface area contributed by atoms with Gasteiger partial charge in [0.2, 0.25) is 0 Å². The smallest absolute Gasteiger partial charge is 0.270 e. The predicted molar refractivity (Wildman–Crippen MR) is 69.1 cm³/mol. The quantitative estimate of drug-likeness (QED) is 0.894. The second kappa shape index (κ2) is 5.40. The Balaban J connectivity index is 2.00. The molecule has 0 aliphatic carbocycles. The van der Waals surface area contributed by atoms with Gasteiger partial charge in [0.25, 0.3) is 5.91 Å². The summed E-state index contributed by atoms with van der Waals surface area (Å²) in [5, 5.41) is 2.81. The van der Waals surface area contributed by atoms with Gasteiger partial charge >= 0.3 is 0 Å². The largest absolute Gasteiger partial charge is 0.345 e. The van der Waals surface area contributed by atoms with E-state index < -0.39 is 0 Å². The van der Waals surface area contributed by atoms with Crippen molar-refractivity contribution in [1.82, 2.24) is 15.3 Å². The summed E-state index contributed by atoms with van der Waals surface area (Å²) >= 11 is 0. The second-order valence-electron chi connectivity index (χ2n) is 4.12. The van der Waals surface area contributed by atoms with E-state index in [4.69, 9.17) is 0 Å². The minimum atomic E-state index is -0.179. The molecule has 2 rings (SSSR count). The van der Waals surface area contributed by atoms with Crippen molar-refractivity contribution in [2.75, 3.05) is 0 Å². The third kappa shape index (κ3) is 3.13. The Bertz CT molecular complexity index is 566. The zero-order valence-corrected chi connectivity index (χ0v) is 10.5. The van der Waals surface area contributed by atoms with Gasteiger partial charge in [0.15, 0.2) is 0 Å². The summed E-state index contributed by atoms with van der Waals surface area (Å²) in [5.74, 6) is -0.179. The first kappa shape index (κ1) is 12.2. The number of nitrogens with one attached hydrogen (secondary N) is 1. The molecule has 0 radical (unpaired) electrons. The third-order valence-electron chi connectivity index (χ3n) is 2.50. The van der Waals surface area contributed by atoms with Gasteiger partial charge < -0.3 is 5.32 Å². The van der Waals surface area contributed by atoms with Gasteiger partial charge in [0.1, 0.15) is 5.69 Å². The summed E-state index contributed by atoms with van der Waals surface area (Å²) in [6.07, 6.45) is 0. The number of aryl methyl sites for hydroxylation is 2. The highest BCUT2D eigenvalue weighted by atomic mass is 16.1. The van der Waals surface area contributed by atoms with Gasteiger partial charge in [-0.2, -0.15) is 0 Å². The summed E-state index contributed by atoms with van der Waals surface area (Å²) in [4.78, 5) is 20.3. The number of carbonyl (C=O) groups excluding carboxylic acids is 1. The number of aromatic nitrogens is 2. The van der Waals surface area contributed by atoms with Crippen LogP contribution in [0.2, 0.25) is 0 Å². The van der Waals surface area contributed by atoms with Crippen LogP contribution in [0, 0.1) is 13.8 Å². The predicted octanol–water partition coefficient (Wildman–Crippen LogP) is 2.02. The van der Waals surface area contributed by atoms with E-state index in [2.05, 4.69) is 15.3 Å². The average Bonchev–Trinajstić information content (AvgIpc) is 2.36. The summed E-state index contributed by atoms with van der Waals surface area (Å²) in [7, 11) is 0. The van der Waals surface area contributed by atoms with Crippen molar-refractivity contribution in [3.63, 3.8) is 0 Å². The lowest BCUT2D eigenvalue weighted by Gasteiger charge is -2.05. The zero-order valence-electron chi connectivity index (χ0n) is 10.5. The monoisotopic (exact) mass is 241 g/mol. The fourth-order valence-corrected chi connectivity index (χ4v) is 1.63. The molecule has 0 aliphatic rings. The molecule has 92 valence electrons. The Morgan fingerprint density at radius 1 is 1.06 bits per heavy atom. The Kier molecular flexibility index (Phi) is 3.67. The van der Waals surface area contributed by atoms with Crippen LogP contribution >= 0.6 is 0 Å². The van der Waals surface area contributed by atoms with Crippen molar-refractivity contribution in [3.05, 3.63) is 59.2 Å². The maximum absolute atomic E-state index is 11.9. The van der Waals surface area contributed by atoms with Gasteiger partial charge in [-0.25, -0.2) is 4.98 Å². The molecule has 0 fully saturated rings. The first-order chi connectivity index (χ1) is 8.65. The van der Waals surface area contributed by atoms with Crippen LogP contribution in [0.4, 0.5) is 0 Å². The lowest BCUT2D eigenvalue weighted by molar-refractivity contribution is 0.0945. The second-order valence-corrected chi connectivity index (χ2v) is 4.12. The topological polar surface area (TPSA) is 54.9 Å². The lowest BCUT2D eigenvalue weighted by Crippen LogP contribution is -2.24. The van der Waals surface area contributed by atoms with Crippen LogP contribution in [-0.2, 0) is 6.54 Å². The molecule has 2 aromatic heterocycles. The molecule has 0 unspecified atom stereocenters. The van der Waals surface area contributed by atoms with Gasteiger partial charge in [0.05, 0.1) is 12.2 Å². The molecule has 1 amide bonds. The first-order valence-corrected chi connectivity index (χ1v) is 5.79. The Morgan fingerprint density at radius 2 is 1.72 bits per heavy atom.